The van der Waals surface area contributed by atoms with Crippen molar-refractivity contribution in [3.8, 4) is 17.6 Å². The largest absolute Gasteiger partial charge is 0.493 e. The predicted molar refractivity (Wildman–Crippen MR) is 94.3 cm³/mol. The number of nitriles is 1. The standard InChI is InChI=1S/C19H24N2O4/c1-13(2)25-17-7-6-14(10-18(17)23-3)9-15(11-20)19(22)21-12-16-5-4-8-24-16/h6-7,9-10,13,16H,4-5,8,12H2,1-3H3,(H,21,22)/b15-9+. The zero-order valence-electron chi connectivity index (χ0n) is 14.9. The molecule has 0 spiro atoms. The minimum Gasteiger partial charge on any atom is -0.493 e. The zero-order valence-corrected chi connectivity index (χ0v) is 14.9. The molecule has 1 aromatic carbocycles. The van der Waals surface area contributed by atoms with E-state index in [2.05, 4.69) is 5.32 Å². The van der Waals surface area contributed by atoms with Crippen molar-refractivity contribution in [2.24, 2.45) is 0 Å². The molecular formula is C19H24N2O4. The summed E-state index contributed by atoms with van der Waals surface area (Å²) in [4.78, 5) is 12.2. The van der Waals surface area contributed by atoms with Crippen LogP contribution >= 0.6 is 0 Å². The Morgan fingerprint density at radius 2 is 2.28 bits per heavy atom. The third-order valence-corrected chi connectivity index (χ3v) is 3.74. The van der Waals surface area contributed by atoms with Crippen LogP contribution in [0.25, 0.3) is 6.08 Å². The van der Waals surface area contributed by atoms with Gasteiger partial charge in [0, 0.05) is 13.2 Å². The van der Waals surface area contributed by atoms with E-state index in [1.165, 1.54) is 6.08 Å². The maximum atomic E-state index is 12.2. The Bertz CT molecular complexity index is 670. The second-order valence-corrected chi connectivity index (χ2v) is 6.09. The molecule has 1 N–H and O–H groups in total. The van der Waals surface area contributed by atoms with Crippen molar-refractivity contribution in [1.82, 2.24) is 5.32 Å². The molecule has 25 heavy (non-hydrogen) atoms. The lowest BCUT2D eigenvalue weighted by atomic mass is 10.1. The van der Waals surface area contributed by atoms with Crippen LogP contribution in [0.4, 0.5) is 0 Å². The van der Waals surface area contributed by atoms with Crippen LogP contribution in [0.5, 0.6) is 11.5 Å². The van der Waals surface area contributed by atoms with Crippen molar-refractivity contribution in [1.29, 1.82) is 5.26 Å². The third kappa shape index (κ3) is 5.50. The Hall–Kier alpha value is -2.52. The fourth-order valence-corrected chi connectivity index (χ4v) is 2.55. The van der Waals surface area contributed by atoms with Gasteiger partial charge in [-0.1, -0.05) is 6.07 Å². The maximum Gasteiger partial charge on any atom is 0.262 e. The molecule has 0 bridgehead atoms. The summed E-state index contributed by atoms with van der Waals surface area (Å²) >= 11 is 0. The van der Waals surface area contributed by atoms with Gasteiger partial charge < -0.3 is 19.5 Å². The number of benzene rings is 1. The van der Waals surface area contributed by atoms with Crippen LogP contribution in [-0.2, 0) is 9.53 Å². The molecule has 0 radical (unpaired) electrons. The number of nitrogens with one attached hydrogen (secondary N) is 1. The number of hydrogen-bond acceptors (Lipinski definition) is 5. The first-order chi connectivity index (χ1) is 12.0. The zero-order chi connectivity index (χ0) is 18.2. The van der Waals surface area contributed by atoms with Gasteiger partial charge in [0.2, 0.25) is 0 Å². The van der Waals surface area contributed by atoms with Gasteiger partial charge in [0.15, 0.2) is 11.5 Å². The fraction of sp³-hybridized carbons (Fsp3) is 0.474. The van der Waals surface area contributed by atoms with Gasteiger partial charge in [0.25, 0.3) is 5.91 Å². The molecule has 6 heteroatoms. The quantitative estimate of drug-likeness (QED) is 0.607. The van der Waals surface area contributed by atoms with E-state index in [0.29, 0.717) is 23.6 Å². The van der Waals surface area contributed by atoms with Crippen LogP contribution in [0.1, 0.15) is 32.3 Å². The number of amides is 1. The van der Waals surface area contributed by atoms with Crippen molar-refractivity contribution in [3.63, 3.8) is 0 Å². The highest BCUT2D eigenvalue weighted by Gasteiger charge is 2.17. The summed E-state index contributed by atoms with van der Waals surface area (Å²) in [5, 5.41) is 12.0. The maximum absolute atomic E-state index is 12.2. The van der Waals surface area contributed by atoms with Crippen molar-refractivity contribution in [3.05, 3.63) is 29.3 Å². The van der Waals surface area contributed by atoms with E-state index in [1.54, 1.807) is 25.3 Å². The predicted octanol–water partition coefficient (Wildman–Crippen LogP) is 2.68. The van der Waals surface area contributed by atoms with E-state index in [4.69, 9.17) is 14.2 Å². The number of nitrogens with zero attached hydrogens (tertiary/aromatic N) is 1. The lowest BCUT2D eigenvalue weighted by Gasteiger charge is -2.14. The van der Waals surface area contributed by atoms with Gasteiger partial charge in [-0.2, -0.15) is 5.26 Å². The minimum atomic E-state index is -0.403. The van der Waals surface area contributed by atoms with E-state index < -0.39 is 5.91 Å². The number of ether oxygens (including phenoxy) is 3. The number of carbonyl (C=O) groups is 1. The average Bonchev–Trinajstić information content (AvgIpc) is 3.11. The molecule has 0 saturated carbocycles. The summed E-state index contributed by atoms with van der Waals surface area (Å²) in [7, 11) is 1.55. The van der Waals surface area contributed by atoms with Gasteiger partial charge in [0.1, 0.15) is 11.6 Å². The van der Waals surface area contributed by atoms with E-state index >= 15 is 0 Å². The lowest BCUT2D eigenvalue weighted by molar-refractivity contribution is -0.117. The van der Waals surface area contributed by atoms with Crippen LogP contribution in [0, 0.1) is 11.3 Å². The van der Waals surface area contributed by atoms with Gasteiger partial charge >= 0.3 is 0 Å². The van der Waals surface area contributed by atoms with Gasteiger partial charge in [-0.15, -0.1) is 0 Å². The molecule has 1 amide bonds. The Kier molecular flexibility index (Phi) is 6.84. The first-order valence-electron chi connectivity index (χ1n) is 8.39. The molecule has 1 aliphatic heterocycles. The molecule has 6 nitrogen and oxygen atoms in total. The number of hydrogen-bond donors (Lipinski definition) is 1. The van der Waals surface area contributed by atoms with Gasteiger partial charge in [-0.05, 0) is 50.5 Å². The summed E-state index contributed by atoms with van der Waals surface area (Å²) < 4.78 is 16.4. The molecule has 1 aliphatic rings. The van der Waals surface area contributed by atoms with Gasteiger partial charge in [-0.3, -0.25) is 4.79 Å². The summed E-state index contributed by atoms with van der Waals surface area (Å²) in [6.07, 6.45) is 3.53. The van der Waals surface area contributed by atoms with Crippen LogP contribution in [0.2, 0.25) is 0 Å². The van der Waals surface area contributed by atoms with Crippen molar-refractivity contribution in [2.75, 3.05) is 20.3 Å². The summed E-state index contributed by atoms with van der Waals surface area (Å²) in [5.41, 5.74) is 0.731. The fourth-order valence-electron chi connectivity index (χ4n) is 2.55. The van der Waals surface area contributed by atoms with E-state index in [-0.39, 0.29) is 17.8 Å². The molecule has 2 rings (SSSR count). The number of methoxy groups -OCH3 is 1. The van der Waals surface area contributed by atoms with Crippen molar-refractivity contribution < 1.29 is 19.0 Å². The lowest BCUT2D eigenvalue weighted by Crippen LogP contribution is -2.32. The number of carbonyl (C=O) groups excluding carboxylic acids is 1. The first kappa shape index (κ1) is 18.8. The number of rotatable bonds is 7. The molecule has 1 saturated heterocycles. The Balaban J connectivity index is 2.09. The van der Waals surface area contributed by atoms with E-state index in [0.717, 1.165) is 19.4 Å². The Morgan fingerprint density at radius 3 is 2.88 bits per heavy atom. The Morgan fingerprint density at radius 1 is 1.48 bits per heavy atom. The highest BCUT2D eigenvalue weighted by atomic mass is 16.5. The van der Waals surface area contributed by atoms with Crippen LogP contribution in [0.15, 0.2) is 23.8 Å². The van der Waals surface area contributed by atoms with E-state index in [1.807, 2.05) is 19.9 Å². The molecule has 1 heterocycles. The summed E-state index contributed by atoms with van der Waals surface area (Å²) in [5.74, 6) is 0.773. The molecule has 1 unspecified atom stereocenters. The Labute approximate surface area is 148 Å². The SMILES string of the molecule is COc1cc(/C=C(\C#N)C(=O)NCC2CCCO2)ccc1OC(C)C. The molecule has 1 fully saturated rings. The highest BCUT2D eigenvalue weighted by molar-refractivity contribution is 6.01. The summed E-state index contributed by atoms with van der Waals surface area (Å²) in [6, 6.07) is 7.24. The molecular weight excluding hydrogens is 320 g/mol. The molecule has 0 aromatic heterocycles. The van der Waals surface area contributed by atoms with E-state index in [9.17, 15) is 10.1 Å². The smallest absolute Gasteiger partial charge is 0.262 e. The van der Waals surface area contributed by atoms with Crippen LogP contribution < -0.4 is 14.8 Å². The second-order valence-electron chi connectivity index (χ2n) is 6.09. The highest BCUT2D eigenvalue weighted by Crippen LogP contribution is 2.29. The van der Waals surface area contributed by atoms with Crippen LogP contribution in [0.3, 0.4) is 0 Å². The minimum absolute atomic E-state index is 0.0218. The molecule has 0 aliphatic carbocycles. The normalized spacial score (nSPS) is 17.2. The van der Waals surface area contributed by atoms with Gasteiger partial charge in [-0.25, -0.2) is 0 Å². The summed E-state index contributed by atoms with van der Waals surface area (Å²) in [6.45, 7) is 5.01. The monoisotopic (exact) mass is 344 g/mol. The average molecular weight is 344 g/mol. The second kappa shape index (κ2) is 9.09. The topological polar surface area (TPSA) is 80.6 Å². The molecule has 134 valence electrons. The van der Waals surface area contributed by atoms with Crippen molar-refractivity contribution >= 4 is 12.0 Å². The van der Waals surface area contributed by atoms with Gasteiger partial charge in [0.05, 0.1) is 19.3 Å². The first-order valence-corrected chi connectivity index (χ1v) is 8.39. The van der Waals surface area contributed by atoms with Crippen molar-refractivity contribution in [2.45, 2.75) is 38.9 Å². The van der Waals surface area contributed by atoms with Crippen LogP contribution in [-0.4, -0.2) is 38.4 Å². The molecule has 1 atom stereocenters. The third-order valence-electron chi connectivity index (χ3n) is 3.74. The molecule has 1 aromatic rings.